The van der Waals surface area contributed by atoms with Crippen LogP contribution in [0, 0.1) is 5.92 Å². The van der Waals surface area contributed by atoms with Gasteiger partial charge in [-0.2, -0.15) is 4.98 Å². The molecule has 1 saturated heterocycles. The number of benzene rings is 2. The van der Waals surface area contributed by atoms with Gasteiger partial charge in [0.2, 0.25) is 5.95 Å². The number of rotatable bonds is 10. The Kier molecular flexibility index (Phi) is 8.99. The van der Waals surface area contributed by atoms with Gasteiger partial charge in [0.25, 0.3) is 5.91 Å². The Morgan fingerprint density at radius 1 is 1.14 bits per heavy atom. The van der Waals surface area contributed by atoms with E-state index in [2.05, 4.69) is 30.8 Å². The van der Waals surface area contributed by atoms with Crippen LogP contribution >= 0.6 is 11.6 Å². The molecule has 0 aliphatic carbocycles. The van der Waals surface area contributed by atoms with Gasteiger partial charge in [0.1, 0.15) is 10.8 Å². The first-order chi connectivity index (χ1) is 18.0. The molecule has 5 N–H and O–H groups in total. The molecule has 1 amide bonds. The summed E-state index contributed by atoms with van der Waals surface area (Å²) in [5, 5.41) is 27.6. The van der Waals surface area contributed by atoms with Crippen molar-refractivity contribution < 1.29 is 19.7 Å². The van der Waals surface area contributed by atoms with Gasteiger partial charge < -0.3 is 35.8 Å². The number of piperidine rings is 1. The number of carbonyl (C=O) groups excluding carboxylic acids is 1. The largest absolute Gasteiger partial charge is 0.494 e. The van der Waals surface area contributed by atoms with Gasteiger partial charge >= 0.3 is 0 Å². The molecule has 0 atom stereocenters. The lowest BCUT2D eigenvalue weighted by molar-refractivity contribution is 0.0945. The van der Waals surface area contributed by atoms with Crippen molar-refractivity contribution in [3.8, 4) is 5.75 Å². The molecule has 0 spiro atoms. The average molecular weight is 527 g/mol. The SMILES string of the molecule is COc1cc(N2CCC(CO)CC2)ccc1Nc1ncc(Cl)c(Nc2ccccc2C(=O)NCCO)n1. The van der Waals surface area contributed by atoms with Crippen LogP contribution in [0.5, 0.6) is 5.75 Å². The predicted octanol–water partition coefficient (Wildman–Crippen LogP) is 3.56. The molecule has 10 nitrogen and oxygen atoms in total. The van der Waals surface area contributed by atoms with E-state index in [1.54, 1.807) is 31.4 Å². The van der Waals surface area contributed by atoms with Gasteiger partial charge in [-0.3, -0.25) is 4.79 Å². The molecule has 1 aliphatic heterocycles. The van der Waals surface area contributed by atoms with Crippen LogP contribution in [-0.2, 0) is 0 Å². The minimum atomic E-state index is -0.328. The number of nitrogens with one attached hydrogen (secondary N) is 3. The first-order valence-corrected chi connectivity index (χ1v) is 12.5. The second kappa shape index (κ2) is 12.6. The zero-order chi connectivity index (χ0) is 26.2. The highest BCUT2D eigenvalue weighted by Gasteiger charge is 2.20. The fourth-order valence-corrected chi connectivity index (χ4v) is 4.31. The van der Waals surface area contributed by atoms with Crippen molar-refractivity contribution in [1.29, 1.82) is 0 Å². The lowest BCUT2D eigenvalue weighted by Crippen LogP contribution is -2.34. The molecule has 2 heterocycles. The van der Waals surface area contributed by atoms with Crippen molar-refractivity contribution in [3.05, 3.63) is 59.2 Å². The Morgan fingerprint density at radius 3 is 2.65 bits per heavy atom. The highest BCUT2D eigenvalue weighted by Crippen LogP contribution is 2.34. The number of amides is 1. The maximum absolute atomic E-state index is 12.5. The summed E-state index contributed by atoms with van der Waals surface area (Å²) in [5.74, 6) is 1.30. The summed E-state index contributed by atoms with van der Waals surface area (Å²) in [6.07, 6.45) is 3.39. The van der Waals surface area contributed by atoms with Crippen molar-refractivity contribution in [3.63, 3.8) is 0 Å². The molecular weight excluding hydrogens is 496 g/mol. The minimum Gasteiger partial charge on any atom is -0.494 e. The third-order valence-corrected chi connectivity index (χ3v) is 6.51. The second-order valence-electron chi connectivity index (χ2n) is 8.66. The molecule has 1 fully saturated rings. The molecule has 0 saturated carbocycles. The third-order valence-electron chi connectivity index (χ3n) is 6.24. The van der Waals surface area contributed by atoms with Crippen LogP contribution in [-0.4, -0.2) is 66.0 Å². The lowest BCUT2D eigenvalue weighted by atomic mass is 9.97. The van der Waals surface area contributed by atoms with Crippen LogP contribution in [0.3, 0.4) is 0 Å². The van der Waals surface area contributed by atoms with E-state index in [-0.39, 0.29) is 30.7 Å². The maximum Gasteiger partial charge on any atom is 0.253 e. The van der Waals surface area contributed by atoms with Gasteiger partial charge in [-0.1, -0.05) is 23.7 Å². The Hall–Kier alpha value is -3.60. The zero-order valence-corrected chi connectivity index (χ0v) is 21.3. The number of nitrogens with zero attached hydrogens (tertiary/aromatic N) is 3. The van der Waals surface area contributed by atoms with E-state index in [1.165, 1.54) is 6.20 Å². The molecule has 11 heteroatoms. The zero-order valence-electron chi connectivity index (χ0n) is 20.6. The number of anilines is 5. The molecule has 0 bridgehead atoms. The first-order valence-electron chi connectivity index (χ1n) is 12.1. The number of hydrogen-bond acceptors (Lipinski definition) is 9. The number of carbonyl (C=O) groups is 1. The number of methoxy groups -OCH3 is 1. The Balaban J connectivity index is 1.51. The van der Waals surface area contributed by atoms with Crippen LogP contribution in [0.2, 0.25) is 5.02 Å². The van der Waals surface area contributed by atoms with Crippen molar-refractivity contribution in [1.82, 2.24) is 15.3 Å². The summed E-state index contributed by atoms with van der Waals surface area (Å²) in [4.78, 5) is 23.6. The van der Waals surface area contributed by atoms with Crippen LogP contribution in [0.15, 0.2) is 48.7 Å². The topological polar surface area (TPSA) is 132 Å². The smallest absolute Gasteiger partial charge is 0.253 e. The molecule has 3 aromatic rings. The minimum absolute atomic E-state index is 0.150. The highest BCUT2D eigenvalue weighted by atomic mass is 35.5. The van der Waals surface area contributed by atoms with E-state index in [0.29, 0.717) is 40.4 Å². The number of aliphatic hydroxyl groups excluding tert-OH is 2. The quantitative estimate of drug-likeness (QED) is 0.269. The fourth-order valence-electron chi connectivity index (χ4n) is 4.17. The molecule has 2 aromatic carbocycles. The molecular formula is C26H31ClN6O4. The average Bonchev–Trinajstić information content (AvgIpc) is 2.94. The van der Waals surface area contributed by atoms with E-state index in [0.717, 1.165) is 31.6 Å². The van der Waals surface area contributed by atoms with Crippen LogP contribution in [0.4, 0.5) is 28.8 Å². The second-order valence-corrected chi connectivity index (χ2v) is 9.07. The predicted molar refractivity (Wildman–Crippen MR) is 144 cm³/mol. The molecule has 0 radical (unpaired) electrons. The normalized spacial score (nSPS) is 13.8. The summed E-state index contributed by atoms with van der Waals surface area (Å²) < 4.78 is 5.63. The molecule has 1 aromatic heterocycles. The van der Waals surface area contributed by atoms with Crippen molar-refractivity contribution in [2.24, 2.45) is 5.92 Å². The van der Waals surface area contributed by atoms with Crippen LogP contribution < -0.4 is 25.6 Å². The molecule has 0 unspecified atom stereocenters. The summed E-state index contributed by atoms with van der Waals surface area (Å²) >= 11 is 6.36. The number of ether oxygens (including phenoxy) is 1. The van der Waals surface area contributed by atoms with Gasteiger partial charge in [-0.05, 0) is 43.0 Å². The molecule has 196 valence electrons. The summed E-state index contributed by atoms with van der Waals surface area (Å²) in [6, 6.07) is 12.8. The Labute approximate surface area is 220 Å². The first kappa shape index (κ1) is 26.5. The monoisotopic (exact) mass is 526 g/mol. The molecule has 4 rings (SSSR count). The molecule has 1 aliphatic rings. The van der Waals surface area contributed by atoms with Gasteiger partial charge in [0.15, 0.2) is 5.82 Å². The van der Waals surface area contributed by atoms with Crippen LogP contribution in [0.1, 0.15) is 23.2 Å². The van der Waals surface area contributed by atoms with E-state index in [4.69, 9.17) is 21.4 Å². The van der Waals surface area contributed by atoms with E-state index in [1.807, 2.05) is 18.2 Å². The number of para-hydroxylation sites is 1. The maximum atomic E-state index is 12.5. The number of hydrogen-bond donors (Lipinski definition) is 5. The van der Waals surface area contributed by atoms with E-state index >= 15 is 0 Å². The highest BCUT2D eigenvalue weighted by molar-refractivity contribution is 6.33. The summed E-state index contributed by atoms with van der Waals surface area (Å²) in [6.45, 7) is 2.00. The summed E-state index contributed by atoms with van der Waals surface area (Å²) in [5.41, 5.74) is 2.64. The number of halogens is 1. The van der Waals surface area contributed by atoms with Crippen molar-refractivity contribution >= 4 is 46.3 Å². The van der Waals surface area contributed by atoms with Gasteiger partial charge in [-0.15, -0.1) is 0 Å². The lowest BCUT2D eigenvalue weighted by Gasteiger charge is -2.33. The summed E-state index contributed by atoms with van der Waals surface area (Å²) in [7, 11) is 1.61. The van der Waals surface area contributed by atoms with Gasteiger partial charge in [0, 0.05) is 38.0 Å². The number of aliphatic hydroxyl groups is 2. The Bertz CT molecular complexity index is 1220. The number of aromatic nitrogens is 2. The third kappa shape index (κ3) is 6.59. The van der Waals surface area contributed by atoms with Crippen molar-refractivity contribution in [2.45, 2.75) is 12.8 Å². The fraction of sp³-hybridized carbons (Fsp3) is 0.346. The molecule has 37 heavy (non-hydrogen) atoms. The van der Waals surface area contributed by atoms with E-state index in [9.17, 15) is 9.90 Å². The van der Waals surface area contributed by atoms with Crippen LogP contribution in [0.25, 0.3) is 0 Å². The van der Waals surface area contributed by atoms with Gasteiger partial charge in [-0.25, -0.2) is 4.98 Å². The van der Waals surface area contributed by atoms with Crippen molar-refractivity contribution in [2.75, 3.05) is 55.5 Å². The van der Waals surface area contributed by atoms with Gasteiger partial charge in [0.05, 0.1) is 36.9 Å². The Morgan fingerprint density at radius 2 is 1.92 bits per heavy atom. The van der Waals surface area contributed by atoms with E-state index < -0.39 is 0 Å². The standard InChI is InChI=1S/C26H31ClN6O4/c1-37-23-14-18(33-11-8-17(16-35)9-12-33)6-7-22(23)31-26-29-15-20(27)24(32-26)30-21-5-3-2-4-19(21)25(36)28-10-13-34/h2-7,14-15,17,34-35H,8-13,16H2,1H3,(H,28,36)(H2,29,30,31,32).